The number of nitrogens with zero attached hydrogens (tertiary/aromatic N) is 3. The molecule has 72 valence electrons. The van der Waals surface area contributed by atoms with Crippen LogP contribution in [-0.4, -0.2) is 14.8 Å². The molecule has 4 heteroatoms. The van der Waals surface area contributed by atoms with Gasteiger partial charge in [0.1, 0.15) is 6.33 Å². The molecule has 0 aliphatic heterocycles. The van der Waals surface area contributed by atoms with Crippen LogP contribution in [0.4, 0.5) is 0 Å². The fraction of sp³-hybridized carbons (Fsp3) is 0.200. The molecule has 3 nitrogen and oxygen atoms in total. The van der Waals surface area contributed by atoms with Crippen molar-refractivity contribution in [3.05, 3.63) is 34.2 Å². The Morgan fingerprint density at radius 3 is 2.93 bits per heavy atom. The van der Waals surface area contributed by atoms with Crippen LogP contribution >= 0.6 is 22.6 Å². The van der Waals surface area contributed by atoms with Gasteiger partial charge in [-0.25, -0.2) is 4.98 Å². The number of benzene rings is 1. The van der Waals surface area contributed by atoms with Crippen molar-refractivity contribution in [2.45, 2.75) is 13.5 Å². The van der Waals surface area contributed by atoms with Crippen molar-refractivity contribution in [3.8, 4) is 11.4 Å². The van der Waals surface area contributed by atoms with Crippen molar-refractivity contribution in [1.82, 2.24) is 14.8 Å². The van der Waals surface area contributed by atoms with Crippen molar-refractivity contribution in [2.75, 3.05) is 0 Å². The lowest BCUT2D eigenvalue weighted by Crippen LogP contribution is -1.93. The van der Waals surface area contributed by atoms with Crippen molar-refractivity contribution in [3.63, 3.8) is 0 Å². The molecule has 0 saturated carbocycles. The van der Waals surface area contributed by atoms with Crippen LogP contribution in [0, 0.1) is 3.57 Å². The van der Waals surface area contributed by atoms with Crippen LogP contribution < -0.4 is 0 Å². The molecular weight excluding hydrogens is 289 g/mol. The Labute approximate surface area is 96.3 Å². The van der Waals surface area contributed by atoms with Crippen molar-refractivity contribution < 1.29 is 0 Å². The van der Waals surface area contributed by atoms with Crippen LogP contribution in [-0.2, 0) is 6.54 Å². The molecule has 14 heavy (non-hydrogen) atoms. The van der Waals surface area contributed by atoms with Crippen molar-refractivity contribution in [2.24, 2.45) is 0 Å². The van der Waals surface area contributed by atoms with E-state index in [0.717, 1.165) is 17.9 Å². The quantitative estimate of drug-likeness (QED) is 0.798. The van der Waals surface area contributed by atoms with Crippen molar-refractivity contribution >= 4 is 22.6 Å². The summed E-state index contributed by atoms with van der Waals surface area (Å²) in [4.78, 5) is 4.25. The van der Waals surface area contributed by atoms with E-state index in [1.165, 1.54) is 3.57 Å². The highest BCUT2D eigenvalue weighted by molar-refractivity contribution is 14.1. The van der Waals surface area contributed by atoms with Gasteiger partial charge in [0, 0.05) is 15.7 Å². The molecule has 0 bridgehead atoms. The molecule has 0 radical (unpaired) electrons. The Bertz CT molecular complexity index is 436. The second-order valence-corrected chi connectivity index (χ2v) is 4.18. The number of hydrogen-bond acceptors (Lipinski definition) is 2. The molecule has 0 amide bonds. The fourth-order valence-corrected chi connectivity index (χ4v) is 1.75. The highest BCUT2D eigenvalue weighted by Crippen LogP contribution is 2.16. The van der Waals surface area contributed by atoms with E-state index in [-0.39, 0.29) is 0 Å². The van der Waals surface area contributed by atoms with E-state index < -0.39 is 0 Å². The molecule has 2 rings (SSSR count). The van der Waals surface area contributed by atoms with E-state index in [0.29, 0.717) is 0 Å². The van der Waals surface area contributed by atoms with Gasteiger partial charge in [-0.15, -0.1) is 0 Å². The van der Waals surface area contributed by atoms with Gasteiger partial charge in [0.15, 0.2) is 5.82 Å². The zero-order valence-electron chi connectivity index (χ0n) is 7.81. The minimum absolute atomic E-state index is 0.797. The molecule has 0 saturated heterocycles. The van der Waals surface area contributed by atoms with Crippen LogP contribution in [0.3, 0.4) is 0 Å². The van der Waals surface area contributed by atoms with Crippen LogP contribution in [0.2, 0.25) is 0 Å². The lowest BCUT2D eigenvalue weighted by atomic mass is 10.2. The Kier molecular flexibility index (Phi) is 2.81. The predicted octanol–water partition coefficient (Wildman–Crippen LogP) is 2.57. The zero-order chi connectivity index (χ0) is 9.97. The Morgan fingerprint density at radius 2 is 2.29 bits per heavy atom. The summed E-state index contributed by atoms with van der Waals surface area (Å²) < 4.78 is 3.03. The van der Waals surface area contributed by atoms with E-state index in [1.807, 2.05) is 23.7 Å². The highest BCUT2D eigenvalue weighted by atomic mass is 127. The standard InChI is InChI=1S/C10H10IN3/c1-2-14-7-12-10(13-14)8-4-3-5-9(11)6-8/h3-7H,2H2,1H3. The second-order valence-electron chi connectivity index (χ2n) is 2.93. The monoisotopic (exact) mass is 299 g/mol. The molecule has 0 fully saturated rings. The fourth-order valence-electron chi connectivity index (χ4n) is 1.21. The molecule has 1 heterocycles. The van der Waals surface area contributed by atoms with Gasteiger partial charge in [-0.2, -0.15) is 5.10 Å². The van der Waals surface area contributed by atoms with Gasteiger partial charge in [0.2, 0.25) is 0 Å². The summed E-state index contributed by atoms with van der Waals surface area (Å²) in [5.41, 5.74) is 1.07. The summed E-state index contributed by atoms with van der Waals surface area (Å²) >= 11 is 2.29. The molecule has 2 aromatic rings. The van der Waals surface area contributed by atoms with Gasteiger partial charge in [0.25, 0.3) is 0 Å². The van der Waals surface area contributed by atoms with Crippen LogP contribution in [0.25, 0.3) is 11.4 Å². The summed E-state index contributed by atoms with van der Waals surface area (Å²) in [7, 11) is 0. The number of rotatable bonds is 2. The third kappa shape index (κ3) is 1.95. The number of aromatic nitrogens is 3. The van der Waals surface area contributed by atoms with Gasteiger partial charge in [-0.1, -0.05) is 12.1 Å². The molecule has 0 aliphatic carbocycles. The number of hydrogen-bond donors (Lipinski definition) is 0. The van der Waals surface area contributed by atoms with Gasteiger partial charge in [-0.05, 0) is 41.6 Å². The summed E-state index contributed by atoms with van der Waals surface area (Å²) in [5, 5.41) is 4.34. The first-order valence-corrected chi connectivity index (χ1v) is 5.53. The average Bonchev–Trinajstić information content (AvgIpc) is 2.66. The first-order valence-electron chi connectivity index (χ1n) is 4.45. The van der Waals surface area contributed by atoms with Crippen LogP contribution in [0.15, 0.2) is 30.6 Å². The second kappa shape index (κ2) is 4.08. The minimum Gasteiger partial charge on any atom is -0.253 e. The molecule has 1 aromatic carbocycles. The molecule has 0 spiro atoms. The third-order valence-electron chi connectivity index (χ3n) is 1.94. The first-order chi connectivity index (χ1) is 6.79. The van der Waals surface area contributed by atoms with Crippen molar-refractivity contribution in [1.29, 1.82) is 0 Å². The molecule has 0 aliphatic rings. The number of halogens is 1. The zero-order valence-corrected chi connectivity index (χ0v) is 9.97. The van der Waals surface area contributed by atoms with Gasteiger partial charge in [0.05, 0.1) is 0 Å². The summed E-state index contributed by atoms with van der Waals surface area (Å²) in [6.45, 7) is 2.91. The van der Waals surface area contributed by atoms with E-state index in [9.17, 15) is 0 Å². The van der Waals surface area contributed by atoms with Crippen LogP contribution in [0.5, 0.6) is 0 Å². The topological polar surface area (TPSA) is 30.7 Å². The minimum atomic E-state index is 0.797. The Balaban J connectivity index is 2.39. The molecule has 0 N–H and O–H groups in total. The lowest BCUT2D eigenvalue weighted by Gasteiger charge is -1.95. The number of aryl methyl sites for hydroxylation is 1. The first kappa shape index (κ1) is 9.64. The maximum Gasteiger partial charge on any atom is 0.181 e. The highest BCUT2D eigenvalue weighted by Gasteiger charge is 2.02. The maximum absolute atomic E-state index is 4.34. The van der Waals surface area contributed by atoms with Gasteiger partial charge >= 0.3 is 0 Å². The molecule has 1 aromatic heterocycles. The normalized spacial score (nSPS) is 10.4. The maximum atomic E-state index is 4.34. The third-order valence-corrected chi connectivity index (χ3v) is 2.61. The van der Waals surface area contributed by atoms with Gasteiger partial charge < -0.3 is 0 Å². The van der Waals surface area contributed by atoms with Gasteiger partial charge in [-0.3, -0.25) is 4.68 Å². The Hall–Kier alpha value is -0.910. The summed E-state index contributed by atoms with van der Waals surface area (Å²) in [6, 6.07) is 8.18. The molecule has 0 unspecified atom stereocenters. The molecule has 0 atom stereocenters. The summed E-state index contributed by atoms with van der Waals surface area (Å²) in [5.74, 6) is 0.797. The smallest absolute Gasteiger partial charge is 0.181 e. The van der Waals surface area contributed by atoms with E-state index in [1.54, 1.807) is 6.33 Å². The summed E-state index contributed by atoms with van der Waals surface area (Å²) in [6.07, 6.45) is 1.76. The SMILES string of the molecule is CCn1cnc(-c2cccc(I)c2)n1. The average molecular weight is 299 g/mol. The molecular formula is C10H10IN3. The van der Waals surface area contributed by atoms with E-state index >= 15 is 0 Å². The van der Waals surface area contributed by atoms with E-state index in [2.05, 4.69) is 44.8 Å². The lowest BCUT2D eigenvalue weighted by molar-refractivity contribution is 0.659. The largest absolute Gasteiger partial charge is 0.253 e. The predicted molar refractivity (Wildman–Crippen MR) is 63.8 cm³/mol. The Morgan fingerprint density at radius 1 is 1.43 bits per heavy atom. The van der Waals surface area contributed by atoms with E-state index in [4.69, 9.17) is 0 Å². The van der Waals surface area contributed by atoms with Crippen LogP contribution in [0.1, 0.15) is 6.92 Å².